The van der Waals surface area contributed by atoms with Crippen molar-refractivity contribution in [2.75, 3.05) is 13.7 Å². The molecule has 1 saturated heterocycles. The average Bonchev–Trinajstić information content (AvgIpc) is 2.27. The lowest BCUT2D eigenvalue weighted by Gasteiger charge is -2.24. The van der Waals surface area contributed by atoms with E-state index in [9.17, 15) is 23.1 Å². The SMILES string of the molecule is COC(=O)[C@@H]1C[C@H](O)CCN1.O=C(O)C(F)(F)F. The van der Waals surface area contributed by atoms with Crippen LogP contribution in [0.15, 0.2) is 0 Å². The van der Waals surface area contributed by atoms with E-state index in [4.69, 9.17) is 9.90 Å². The van der Waals surface area contributed by atoms with E-state index >= 15 is 0 Å². The Labute approximate surface area is 101 Å². The number of carbonyl (C=O) groups is 2. The molecule has 1 fully saturated rings. The van der Waals surface area contributed by atoms with Crippen molar-refractivity contribution < 1.29 is 37.7 Å². The number of alkyl halides is 3. The largest absolute Gasteiger partial charge is 0.490 e. The third-order valence-electron chi connectivity index (χ3n) is 2.10. The summed E-state index contributed by atoms with van der Waals surface area (Å²) in [6.07, 6.45) is -4.26. The maximum Gasteiger partial charge on any atom is 0.490 e. The third-order valence-corrected chi connectivity index (χ3v) is 2.10. The number of nitrogens with one attached hydrogen (secondary N) is 1. The van der Waals surface area contributed by atoms with Crippen LogP contribution < -0.4 is 5.32 Å². The number of hydrogen-bond donors (Lipinski definition) is 3. The van der Waals surface area contributed by atoms with E-state index in [-0.39, 0.29) is 18.1 Å². The van der Waals surface area contributed by atoms with Crippen LogP contribution in [0.5, 0.6) is 0 Å². The van der Waals surface area contributed by atoms with Crippen molar-refractivity contribution in [3.63, 3.8) is 0 Å². The highest BCUT2D eigenvalue weighted by molar-refractivity contribution is 5.75. The van der Waals surface area contributed by atoms with Crippen molar-refractivity contribution in [2.45, 2.75) is 31.2 Å². The summed E-state index contributed by atoms with van der Waals surface area (Å²) in [4.78, 5) is 19.8. The molecule has 0 aromatic rings. The molecule has 1 aliphatic rings. The van der Waals surface area contributed by atoms with Gasteiger partial charge in [-0.3, -0.25) is 4.79 Å². The Morgan fingerprint density at radius 1 is 1.39 bits per heavy atom. The summed E-state index contributed by atoms with van der Waals surface area (Å²) in [5.74, 6) is -3.05. The van der Waals surface area contributed by atoms with Crippen molar-refractivity contribution >= 4 is 11.9 Å². The molecule has 0 bridgehead atoms. The number of carboxylic acid groups (broad SMARTS) is 1. The summed E-state index contributed by atoms with van der Waals surface area (Å²) in [7, 11) is 1.35. The van der Waals surface area contributed by atoms with E-state index in [1.54, 1.807) is 0 Å². The first-order valence-electron chi connectivity index (χ1n) is 4.98. The number of halogens is 3. The number of methoxy groups -OCH3 is 1. The zero-order chi connectivity index (χ0) is 14.3. The van der Waals surface area contributed by atoms with Gasteiger partial charge in [-0.25, -0.2) is 4.79 Å². The van der Waals surface area contributed by atoms with Gasteiger partial charge in [0.05, 0.1) is 13.2 Å². The number of carbonyl (C=O) groups excluding carboxylic acids is 1. The predicted octanol–water partition coefficient (Wildman–Crippen LogP) is -0.0944. The van der Waals surface area contributed by atoms with Gasteiger partial charge >= 0.3 is 18.1 Å². The summed E-state index contributed by atoms with van der Waals surface area (Å²) in [6, 6.07) is -0.316. The van der Waals surface area contributed by atoms with E-state index in [0.717, 1.165) is 0 Å². The Morgan fingerprint density at radius 3 is 2.22 bits per heavy atom. The maximum absolute atomic E-state index is 10.9. The Balaban J connectivity index is 0.000000360. The first kappa shape index (κ1) is 16.6. The van der Waals surface area contributed by atoms with E-state index in [2.05, 4.69) is 10.1 Å². The molecule has 9 heteroatoms. The van der Waals surface area contributed by atoms with Crippen molar-refractivity contribution in [1.29, 1.82) is 0 Å². The maximum atomic E-state index is 10.9. The number of esters is 1. The van der Waals surface area contributed by atoms with Crippen LogP contribution in [0.25, 0.3) is 0 Å². The molecule has 0 radical (unpaired) electrons. The Bertz CT molecular complexity index is 294. The number of ether oxygens (including phenoxy) is 1. The highest BCUT2D eigenvalue weighted by Gasteiger charge is 2.38. The van der Waals surface area contributed by atoms with E-state index < -0.39 is 12.1 Å². The topological polar surface area (TPSA) is 95.9 Å². The van der Waals surface area contributed by atoms with Gasteiger partial charge in [-0.05, 0) is 19.4 Å². The molecule has 0 unspecified atom stereocenters. The molecule has 2 atom stereocenters. The van der Waals surface area contributed by atoms with Gasteiger partial charge in [-0.1, -0.05) is 0 Å². The number of aliphatic hydroxyl groups excluding tert-OH is 1. The molecular formula is C9H14F3NO5. The molecule has 0 aromatic carbocycles. The second kappa shape index (κ2) is 7.17. The van der Waals surface area contributed by atoms with Crippen molar-refractivity contribution in [1.82, 2.24) is 5.32 Å². The van der Waals surface area contributed by atoms with Gasteiger partial charge in [-0.2, -0.15) is 13.2 Å². The highest BCUT2D eigenvalue weighted by Crippen LogP contribution is 2.13. The standard InChI is InChI=1S/C7H13NO3.C2HF3O2/c1-11-7(10)6-4-5(9)2-3-8-6;3-2(4,5)1(6)7/h5-6,8-9H,2-4H2,1H3;(H,6,7)/t5-,6+;/m1./s1. The minimum atomic E-state index is -5.08. The fourth-order valence-electron chi connectivity index (χ4n) is 1.22. The van der Waals surface area contributed by atoms with Gasteiger partial charge in [0.1, 0.15) is 6.04 Å². The number of aliphatic carboxylic acids is 1. The monoisotopic (exact) mass is 273 g/mol. The van der Waals surface area contributed by atoms with Crippen LogP contribution in [-0.2, 0) is 14.3 Å². The fraction of sp³-hybridized carbons (Fsp3) is 0.778. The molecule has 18 heavy (non-hydrogen) atoms. The van der Waals surface area contributed by atoms with Crippen molar-refractivity contribution in [3.05, 3.63) is 0 Å². The summed E-state index contributed by atoms with van der Waals surface area (Å²) in [5, 5.41) is 19.3. The first-order chi connectivity index (χ1) is 8.18. The lowest BCUT2D eigenvalue weighted by molar-refractivity contribution is -0.192. The fourth-order valence-corrected chi connectivity index (χ4v) is 1.22. The minimum Gasteiger partial charge on any atom is -0.475 e. The van der Waals surface area contributed by atoms with Gasteiger partial charge in [0.15, 0.2) is 0 Å². The zero-order valence-corrected chi connectivity index (χ0v) is 9.53. The van der Waals surface area contributed by atoms with Crippen LogP contribution in [0.3, 0.4) is 0 Å². The average molecular weight is 273 g/mol. The van der Waals surface area contributed by atoms with E-state index in [1.807, 2.05) is 0 Å². The molecule has 3 N–H and O–H groups in total. The van der Waals surface area contributed by atoms with Crippen LogP contribution in [-0.4, -0.2) is 54.1 Å². The van der Waals surface area contributed by atoms with E-state index in [0.29, 0.717) is 19.4 Å². The molecular weight excluding hydrogens is 259 g/mol. The van der Waals surface area contributed by atoms with Gasteiger partial charge in [0.2, 0.25) is 0 Å². The van der Waals surface area contributed by atoms with Crippen molar-refractivity contribution in [3.8, 4) is 0 Å². The normalized spacial score (nSPS) is 23.6. The Morgan fingerprint density at radius 2 is 1.89 bits per heavy atom. The van der Waals surface area contributed by atoms with Crippen LogP contribution in [0, 0.1) is 0 Å². The van der Waals surface area contributed by atoms with Crippen LogP contribution in [0.2, 0.25) is 0 Å². The summed E-state index contributed by atoms with van der Waals surface area (Å²) >= 11 is 0. The molecule has 0 saturated carbocycles. The van der Waals surface area contributed by atoms with Crippen molar-refractivity contribution in [2.24, 2.45) is 0 Å². The first-order valence-corrected chi connectivity index (χ1v) is 4.98. The molecule has 1 rings (SSSR count). The predicted molar refractivity (Wildman–Crippen MR) is 52.7 cm³/mol. The Kier molecular flexibility index (Phi) is 6.63. The number of piperidine rings is 1. The molecule has 106 valence electrons. The van der Waals surface area contributed by atoms with Crippen LogP contribution >= 0.6 is 0 Å². The van der Waals surface area contributed by atoms with Gasteiger partial charge in [0, 0.05) is 0 Å². The molecule has 0 aromatic heterocycles. The third kappa shape index (κ3) is 6.40. The molecule has 0 aliphatic carbocycles. The summed E-state index contributed by atoms with van der Waals surface area (Å²) < 4.78 is 36.3. The molecule has 0 spiro atoms. The van der Waals surface area contributed by atoms with Gasteiger partial charge < -0.3 is 20.3 Å². The number of rotatable bonds is 1. The van der Waals surface area contributed by atoms with E-state index in [1.165, 1.54) is 7.11 Å². The highest BCUT2D eigenvalue weighted by atomic mass is 19.4. The number of hydrogen-bond acceptors (Lipinski definition) is 5. The van der Waals surface area contributed by atoms with Gasteiger partial charge in [0.25, 0.3) is 0 Å². The summed E-state index contributed by atoms with van der Waals surface area (Å²) in [6.45, 7) is 0.681. The lowest BCUT2D eigenvalue weighted by atomic mass is 10.0. The second-order valence-corrected chi connectivity index (χ2v) is 3.51. The molecule has 6 nitrogen and oxygen atoms in total. The lowest BCUT2D eigenvalue weighted by Crippen LogP contribution is -2.45. The second-order valence-electron chi connectivity index (χ2n) is 3.51. The van der Waals surface area contributed by atoms with Crippen LogP contribution in [0.4, 0.5) is 13.2 Å². The number of carboxylic acids is 1. The van der Waals surface area contributed by atoms with Crippen LogP contribution in [0.1, 0.15) is 12.8 Å². The zero-order valence-electron chi connectivity index (χ0n) is 9.53. The number of aliphatic hydroxyl groups is 1. The molecule has 1 heterocycles. The Hall–Kier alpha value is -1.35. The molecule has 0 amide bonds. The smallest absolute Gasteiger partial charge is 0.475 e. The minimum absolute atomic E-state index is 0.288. The summed E-state index contributed by atoms with van der Waals surface area (Å²) in [5.41, 5.74) is 0. The molecule has 1 aliphatic heterocycles. The quantitative estimate of drug-likeness (QED) is 0.578. The van der Waals surface area contributed by atoms with Gasteiger partial charge in [-0.15, -0.1) is 0 Å².